The van der Waals surface area contributed by atoms with Crippen molar-refractivity contribution in [3.05, 3.63) is 72.3 Å². The number of carboxylic acid groups (broad SMARTS) is 1. The summed E-state index contributed by atoms with van der Waals surface area (Å²) in [5, 5.41) is 14.6. The zero-order chi connectivity index (χ0) is 24.7. The van der Waals surface area contributed by atoms with E-state index in [9.17, 15) is 19.5 Å². The van der Waals surface area contributed by atoms with Crippen molar-refractivity contribution in [3.8, 4) is 11.1 Å². The third-order valence-electron chi connectivity index (χ3n) is 5.93. The van der Waals surface area contributed by atoms with Crippen molar-refractivity contribution in [1.82, 2.24) is 10.6 Å². The van der Waals surface area contributed by atoms with E-state index in [0.29, 0.717) is 12.8 Å². The number of aliphatic carboxylic acids is 1. The average Bonchev–Trinajstić information content (AvgIpc) is 3.13. The van der Waals surface area contributed by atoms with Crippen LogP contribution in [-0.2, 0) is 14.3 Å². The smallest absolute Gasteiger partial charge is 0.407 e. The SMILES string of the molecule is C=CCCC(NC(=O)OCC1c2ccccc2-c2ccccc21)C(=O)N[C@H](CC(C)C)C(=O)O. The first-order chi connectivity index (χ1) is 16.3. The minimum absolute atomic E-state index is 0.0862. The van der Waals surface area contributed by atoms with Crippen LogP contribution in [0, 0.1) is 5.92 Å². The molecule has 0 saturated heterocycles. The van der Waals surface area contributed by atoms with Gasteiger partial charge in [-0.15, -0.1) is 6.58 Å². The van der Waals surface area contributed by atoms with Crippen molar-refractivity contribution in [1.29, 1.82) is 0 Å². The number of alkyl carbamates (subject to hydrolysis) is 1. The fourth-order valence-corrected chi connectivity index (χ4v) is 4.30. The predicted molar refractivity (Wildman–Crippen MR) is 130 cm³/mol. The van der Waals surface area contributed by atoms with E-state index in [1.54, 1.807) is 6.08 Å². The van der Waals surface area contributed by atoms with E-state index in [0.717, 1.165) is 22.3 Å². The molecule has 0 aromatic heterocycles. The number of carbonyl (C=O) groups excluding carboxylic acids is 2. The van der Waals surface area contributed by atoms with Crippen LogP contribution in [0.1, 0.15) is 50.2 Å². The quantitative estimate of drug-likeness (QED) is 0.426. The second-order valence-electron chi connectivity index (χ2n) is 8.92. The van der Waals surface area contributed by atoms with Crippen LogP contribution >= 0.6 is 0 Å². The van der Waals surface area contributed by atoms with Crippen molar-refractivity contribution >= 4 is 18.0 Å². The standard InChI is InChI=1S/C27H32N2O5/c1-4-5-14-23(25(30)28-24(26(31)32)15-17(2)3)29-27(33)34-16-22-20-12-8-6-10-18(20)19-11-7-9-13-21(19)22/h4,6-13,17,22-24H,1,5,14-16H2,2-3H3,(H,28,30)(H,29,33)(H,31,32)/t23?,24-/m1/s1. The van der Waals surface area contributed by atoms with E-state index in [4.69, 9.17) is 4.74 Å². The number of benzene rings is 2. The first-order valence-electron chi connectivity index (χ1n) is 11.6. The van der Waals surface area contributed by atoms with Crippen LogP contribution < -0.4 is 10.6 Å². The topological polar surface area (TPSA) is 105 Å². The molecule has 3 N–H and O–H groups in total. The highest BCUT2D eigenvalue weighted by Crippen LogP contribution is 2.44. The zero-order valence-electron chi connectivity index (χ0n) is 19.6. The molecule has 0 fully saturated rings. The molecule has 34 heavy (non-hydrogen) atoms. The fourth-order valence-electron chi connectivity index (χ4n) is 4.30. The highest BCUT2D eigenvalue weighted by Gasteiger charge is 2.30. The zero-order valence-corrected chi connectivity index (χ0v) is 19.6. The molecular formula is C27H32N2O5. The minimum atomic E-state index is -1.11. The third kappa shape index (κ3) is 6.04. The van der Waals surface area contributed by atoms with Gasteiger partial charge in [0.05, 0.1) is 0 Å². The molecule has 0 aliphatic heterocycles. The van der Waals surface area contributed by atoms with Crippen molar-refractivity contribution in [2.75, 3.05) is 6.61 Å². The summed E-state index contributed by atoms with van der Waals surface area (Å²) in [5.74, 6) is -1.67. The van der Waals surface area contributed by atoms with Gasteiger partial charge in [0.2, 0.25) is 5.91 Å². The molecule has 0 radical (unpaired) electrons. The lowest BCUT2D eigenvalue weighted by Crippen LogP contribution is -2.52. The van der Waals surface area contributed by atoms with Crippen LogP contribution in [0.25, 0.3) is 11.1 Å². The number of carbonyl (C=O) groups is 3. The summed E-state index contributed by atoms with van der Waals surface area (Å²) in [5.41, 5.74) is 4.44. The van der Waals surface area contributed by atoms with E-state index in [1.165, 1.54) is 0 Å². The van der Waals surface area contributed by atoms with Crippen LogP contribution in [0.3, 0.4) is 0 Å². The largest absolute Gasteiger partial charge is 0.480 e. The highest BCUT2D eigenvalue weighted by molar-refractivity contribution is 5.89. The van der Waals surface area contributed by atoms with Crippen molar-refractivity contribution in [2.45, 2.75) is 51.1 Å². The van der Waals surface area contributed by atoms with E-state index >= 15 is 0 Å². The van der Waals surface area contributed by atoms with Gasteiger partial charge in [-0.2, -0.15) is 0 Å². The monoisotopic (exact) mass is 464 g/mol. The maximum absolute atomic E-state index is 12.8. The number of ether oxygens (including phenoxy) is 1. The molecule has 2 aromatic carbocycles. The van der Waals surface area contributed by atoms with Gasteiger partial charge >= 0.3 is 12.1 Å². The number of hydrogen-bond acceptors (Lipinski definition) is 4. The Labute approximate surface area is 200 Å². The van der Waals surface area contributed by atoms with E-state index in [1.807, 2.05) is 50.2 Å². The Balaban J connectivity index is 1.65. The number of amides is 2. The summed E-state index contributed by atoms with van der Waals surface area (Å²) < 4.78 is 5.55. The Kier molecular flexibility index (Phi) is 8.46. The average molecular weight is 465 g/mol. The van der Waals surface area contributed by atoms with Crippen LogP contribution in [0.2, 0.25) is 0 Å². The molecule has 180 valence electrons. The summed E-state index contributed by atoms with van der Waals surface area (Å²) in [4.78, 5) is 37.0. The fraction of sp³-hybridized carbons (Fsp3) is 0.370. The number of hydrogen-bond donors (Lipinski definition) is 3. The van der Waals surface area contributed by atoms with Gasteiger partial charge in [0.25, 0.3) is 0 Å². The Bertz CT molecular complexity index is 1000. The molecule has 2 amide bonds. The summed E-state index contributed by atoms with van der Waals surface area (Å²) in [6, 6.07) is 14.1. The molecule has 7 heteroatoms. The van der Waals surface area contributed by atoms with Gasteiger partial charge < -0.3 is 20.5 Å². The lowest BCUT2D eigenvalue weighted by Gasteiger charge is -2.22. The third-order valence-corrected chi connectivity index (χ3v) is 5.93. The van der Waals surface area contributed by atoms with Crippen molar-refractivity contribution < 1.29 is 24.2 Å². The van der Waals surface area contributed by atoms with Gasteiger partial charge in [0.15, 0.2) is 0 Å². The van der Waals surface area contributed by atoms with E-state index < -0.39 is 30.1 Å². The van der Waals surface area contributed by atoms with Crippen LogP contribution in [-0.4, -0.2) is 41.8 Å². The van der Waals surface area contributed by atoms with Crippen molar-refractivity contribution in [2.24, 2.45) is 5.92 Å². The molecule has 1 aliphatic rings. The molecular weight excluding hydrogens is 432 g/mol. The maximum atomic E-state index is 12.8. The Hall–Kier alpha value is -3.61. The Morgan fingerprint density at radius 1 is 1.00 bits per heavy atom. The molecule has 2 aromatic rings. The van der Waals surface area contributed by atoms with Gasteiger partial charge in [-0.25, -0.2) is 9.59 Å². The number of fused-ring (bicyclic) bond motifs is 3. The van der Waals surface area contributed by atoms with Crippen molar-refractivity contribution in [3.63, 3.8) is 0 Å². The van der Waals surface area contributed by atoms with Gasteiger partial charge in [-0.05, 0) is 47.4 Å². The molecule has 0 spiro atoms. The first-order valence-corrected chi connectivity index (χ1v) is 11.6. The van der Waals surface area contributed by atoms with Crippen LogP contribution in [0.4, 0.5) is 4.79 Å². The lowest BCUT2D eigenvalue weighted by atomic mass is 9.98. The predicted octanol–water partition coefficient (Wildman–Crippen LogP) is 4.48. The normalized spacial score (nSPS) is 14.0. The van der Waals surface area contributed by atoms with Gasteiger partial charge in [-0.3, -0.25) is 4.79 Å². The second kappa shape index (κ2) is 11.5. The number of allylic oxidation sites excluding steroid dienone is 1. The molecule has 0 saturated carbocycles. The summed E-state index contributed by atoms with van der Waals surface area (Å²) >= 11 is 0. The van der Waals surface area contributed by atoms with Gasteiger partial charge in [0, 0.05) is 5.92 Å². The summed E-state index contributed by atoms with van der Waals surface area (Å²) in [7, 11) is 0. The number of rotatable bonds is 11. The Morgan fingerprint density at radius 3 is 2.12 bits per heavy atom. The molecule has 2 atom stereocenters. The molecule has 0 heterocycles. The summed E-state index contributed by atoms with van der Waals surface area (Å²) in [6.45, 7) is 7.55. The second-order valence-corrected chi connectivity index (χ2v) is 8.92. The first kappa shape index (κ1) is 25.0. The molecule has 0 bridgehead atoms. The lowest BCUT2D eigenvalue weighted by molar-refractivity contribution is -0.142. The van der Waals surface area contributed by atoms with E-state index in [2.05, 4.69) is 29.3 Å². The molecule has 7 nitrogen and oxygen atoms in total. The highest BCUT2D eigenvalue weighted by atomic mass is 16.5. The van der Waals surface area contributed by atoms with Gasteiger partial charge in [-0.1, -0.05) is 68.5 Å². The summed E-state index contributed by atoms with van der Waals surface area (Å²) in [6.07, 6.45) is 1.97. The van der Waals surface area contributed by atoms with Gasteiger partial charge in [0.1, 0.15) is 18.7 Å². The number of carboxylic acids is 1. The molecule has 1 unspecified atom stereocenters. The van der Waals surface area contributed by atoms with Crippen LogP contribution in [0.15, 0.2) is 61.2 Å². The molecule has 3 rings (SSSR count). The minimum Gasteiger partial charge on any atom is -0.480 e. The van der Waals surface area contributed by atoms with Crippen LogP contribution in [0.5, 0.6) is 0 Å². The molecule has 1 aliphatic carbocycles. The van der Waals surface area contributed by atoms with E-state index in [-0.39, 0.29) is 24.9 Å². The maximum Gasteiger partial charge on any atom is 0.407 e. The Morgan fingerprint density at radius 2 is 1.59 bits per heavy atom. The number of nitrogens with one attached hydrogen (secondary N) is 2.